The van der Waals surface area contributed by atoms with Crippen LogP contribution >= 0.6 is 0 Å². The van der Waals surface area contributed by atoms with Crippen LogP contribution in [-0.4, -0.2) is 24.3 Å². The SMILES string of the molecule is CC(C)(C)OC(=O)N[C@@H](COc1ccccc1)C1CCCCC1. The zero-order valence-corrected chi connectivity index (χ0v) is 14.5. The van der Waals surface area contributed by atoms with Gasteiger partial charge in [-0.05, 0) is 51.7 Å². The summed E-state index contributed by atoms with van der Waals surface area (Å²) in [5.41, 5.74) is -0.485. The van der Waals surface area contributed by atoms with E-state index < -0.39 is 5.60 Å². The number of para-hydroxylation sites is 1. The van der Waals surface area contributed by atoms with Gasteiger partial charge in [-0.2, -0.15) is 0 Å². The zero-order chi connectivity index (χ0) is 16.7. The summed E-state index contributed by atoms with van der Waals surface area (Å²) in [6, 6.07) is 9.73. The summed E-state index contributed by atoms with van der Waals surface area (Å²) in [5.74, 6) is 1.29. The van der Waals surface area contributed by atoms with Gasteiger partial charge in [-0.3, -0.25) is 0 Å². The lowest BCUT2D eigenvalue weighted by atomic mass is 9.84. The first kappa shape index (κ1) is 17.6. The molecular weight excluding hydrogens is 290 g/mol. The summed E-state index contributed by atoms with van der Waals surface area (Å²) >= 11 is 0. The maximum absolute atomic E-state index is 12.1. The van der Waals surface area contributed by atoms with Gasteiger partial charge in [0.2, 0.25) is 0 Å². The average Bonchev–Trinajstić information content (AvgIpc) is 2.51. The van der Waals surface area contributed by atoms with Crippen molar-refractivity contribution in [3.05, 3.63) is 30.3 Å². The Balaban J connectivity index is 1.95. The van der Waals surface area contributed by atoms with Crippen LogP contribution in [0.15, 0.2) is 30.3 Å². The number of benzene rings is 1. The van der Waals surface area contributed by atoms with Gasteiger partial charge in [0.1, 0.15) is 18.0 Å². The van der Waals surface area contributed by atoms with Crippen molar-refractivity contribution in [1.82, 2.24) is 5.32 Å². The minimum absolute atomic E-state index is 0.00893. The molecule has 1 atom stereocenters. The van der Waals surface area contributed by atoms with Crippen molar-refractivity contribution < 1.29 is 14.3 Å². The maximum atomic E-state index is 12.1. The number of hydrogen-bond acceptors (Lipinski definition) is 3. The van der Waals surface area contributed by atoms with E-state index >= 15 is 0 Å². The van der Waals surface area contributed by atoms with Crippen LogP contribution < -0.4 is 10.1 Å². The van der Waals surface area contributed by atoms with Crippen LogP contribution in [0.25, 0.3) is 0 Å². The molecule has 0 spiro atoms. The van der Waals surface area contributed by atoms with E-state index in [1.807, 2.05) is 51.1 Å². The third-order valence-electron chi connectivity index (χ3n) is 4.09. The van der Waals surface area contributed by atoms with Gasteiger partial charge in [0.05, 0.1) is 6.04 Å². The minimum Gasteiger partial charge on any atom is -0.491 e. The normalized spacial score (nSPS) is 17.3. The molecule has 1 aliphatic carbocycles. The first-order chi connectivity index (χ1) is 10.9. The molecule has 1 aromatic carbocycles. The van der Waals surface area contributed by atoms with Gasteiger partial charge in [0.15, 0.2) is 0 Å². The maximum Gasteiger partial charge on any atom is 0.408 e. The molecule has 2 rings (SSSR count). The average molecular weight is 319 g/mol. The number of amides is 1. The molecule has 0 aromatic heterocycles. The second-order valence-corrected chi connectivity index (χ2v) is 7.27. The molecule has 23 heavy (non-hydrogen) atoms. The Hall–Kier alpha value is -1.71. The summed E-state index contributed by atoms with van der Waals surface area (Å²) in [6.45, 7) is 6.11. The number of alkyl carbamates (subject to hydrolysis) is 1. The fourth-order valence-corrected chi connectivity index (χ4v) is 2.99. The fraction of sp³-hybridized carbons (Fsp3) is 0.632. The van der Waals surface area contributed by atoms with E-state index in [-0.39, 0.29) is 12.1 Å². The summed E-state index contributed by atoms with van der Waals surface area (Å²) in [5, 5.41) is 3.03. The lowest BCUT2D eigenvalue weighted by Crippen LogP contribution is -2.46. The third-order valence-corrected chi connectivity index (χ3v) is 4.09. The van der Waals surface area contributed by atoms with Gasteiger partial charge in [0.25, 0.3) is 0 Å². The van der Waals surface area contributed by atoms with Crippen molar-refractivity contribution in [2.75, 3.05) is 6.61 Å². The molecule has 1 amide bonds. The number of carbonyl (C=O) groups is 1. The summed E-state index contributed by atoms with van der Waals surface area (Å²) in [6.07, 6.45) is 5.65. The third kappa shape index (κ3) is 6.51. The van der Waals surface area contributed by atoms with Crippen molar-refractivity contribution in [3.8, 4) is 5.75 Å². The first-order valence-corrected chi connectivity index (χ1v) is 8.61. The van der Waals surface area contributed by atoms with E-state index in [0.717, 1.165) is 18.6 Å². The number of carbonyl (C=O) groups excluding carboxylic acids is 1. The molecule has 128 valence electrons. The molecule has 0 radical (unpaired) electrons. The van der Waals surface area contributed by atoms with Crippen LogP contribution in [0.1, 0.15) is 52.9 Å². The molecule has 0 bridgehead atoms. The lowest BCUT2D eigenvalue weighted by molar-refractivity contribution is 0.0449. The molecule has 1 aliphatic rings. The molecule has 0 aliphatic heterocycles. The van der Waals surface area contributed by atoms with Crippen LogP contribution in [0.4, 0.5) is 4.79 Å². The van der Waals surface area contributed by atoms with Crippen LogP contribution in [0.2, 0.25) is 0 Å². The molecule has 4 heteroatoms. The van der Waals surface area contributed by atoms with E-state index in [0.29, 0.717) is 12.5 Å². The Bertz CT molecular complexity index is 475. The van der Waals surface area contributed by atoms with Crippen molar-refractivity contribution in [1.29, 1.82) is 0 Å². The second kappa shape index (κ2) is 8.23. The van der Waals surface area contributed by atoms with Crippen molar-refractivity contribution in [2.24, 2.45) is 5.92 Å². The summed E-state index contributed by atoms with van der Waals surface area (Å²) in [4.78, 5) is 12.1. The number of rotatable bonds is 5. The molecule has 0 saturated heterocycles. The highest BCUT2D eigenvalue weighted by Crippen LogP contribution is 2.27. The second-order valence-electron chi connectivity index (χ2n) is 7.27. The molecule has 4 nitrogen and oxygen atoms in total. The highest BCUT2D eigenvalue weighted by atomic mass is 16.6. The highest BCUT2D eigenvalue weighted by molar-refractivity contribution is 5.68. The van der Waals surface area contributed by atoms with Crippen LogP contribution in [0.3, 0.4) is 0 Å². The lowest BCUT2D eigenvalue weighted by Gasteiger charge is -2.31. The Morgan fingerprint density at radius 3 is 2.43 bits per heavy atom. The van der Waals surface area contributed by atoms with Crippen LogP contribution in [0, 0.1) is 5.92 Å². The van der Waals surface area contributed by atoms with E-state index in [9.17, 15) is 4.79 Å². The molecule has 0 heterocycles. The predicted molar refractivity (Wildman–Crippen MR) is 91.7 cm³/mol. The minimum atomic E-state index is -0.485. The van der Waals surface area contributed by atoms with Gasteiger partial charge < -0.3 is 14.8 Å². The molecule has 1 fully saturated rings. The van der Waals surface area contributed by atoms with Gasteiger partial charge in [-0.15, -0.1) is 0 Å². The van der Waals surface area contributed by atoms with Crippen LogP contribution in [0.5, 0.6) is 5.75 Å². The van der Waals surface area contributed by atoms with Crippen molar-refractivity contribution in [2.45, 2.75) is 64.5 Å². The van der Waals surface area contributed by atoms with Crippen LogP contribution in [-0.2, 0) is 4.74 Å². The van der Waals surface area contributed by atoms with E-state index in [2.05, 4.69) is 5.32 Å². The van der Waals surface area contributed by atoms with Gasteiger partial charge in [-0.1, -0.05) is 37.5 Å². The Kier molecular flexibility index (Phi) is 6.31. The standard InChI is InChI=1S/C19H29NO3/c1-19(2,3)23-18(21)20-17(15-10-6-4-7-11-15)14-22-16-12-8-5-9-13-16/h5,8-9,12-13,15,17H,4,6-7,10-11,14H2,1-3H3,(H,20,21)/t17-/m0/s1. The summed E-state index contributed by atoms with van der Waals surface area (Å²) in [7, 11) is 0. The zero-order valence-electron chi connectivity index (χ0n) is 14.5. The quantitative estimate of drug-likeness (QED) is 0.867. The Morgan fingerprint density at radius 1 is 1.17 bits per heavy atom. The summed E-state index contributed by atoms with van der Waals surface area (Å²) < 4.78 is 11.3. The Labute approximate surface area is 139 Å². The molecule has 1 saturated carbocycles. The van der Waals surface area contributed by atoms with E-state index in [1.54, 1.807) is 0 Å². The topological polar surface area (TPSA) is 47.6 Å². The van der Waals surface area contributed by atoms with Crippen molar-refractivity contribution >= 4 is 6.09 Å². The predicted octanol–water partition coefficient (Wildman–Crippen LogP) is 4.54. The number of nitrogens with one attached hydrogen (secondary N) is 1. The Morgan fingerprint density at radius 2 is 1.83 bits per heavy atom. The molecule has 1 aromatic rings. The first-order valence-electron chi connectivity index (χ1n) is 8.61. The fourth-order valence-electron chi connectivity index (χ4n) is 2.99. The van der Waals surface area contributed by atoms with E-state index in [1.165, 1.54) is 19.3 Å². The largest absolute Gasteiger partial charge is 0.491 e. The molecule has 0 unspecified atom stereocenters. The van der Waals surface area contributed by atoms with Gasteiger partial charge >= 0.3 is 6.09 Å². The van der Waals surface area contributed by atoms with Crippen molar-refractivity contribution in [3.63, 3.8) is 0 Å². The number of ether oxygens (including phenoxy) is 2. The van der Waals surface area contributed by atoms with Gasteiger partial charge in [-0.25, -0.2) is 4.79 Å². The number of hydrogen-bond donors (Lipinski definition) is 1. The van der Waals surface area contributed by atoms with E-state index in [4.69, 9.17) is 9.47 Å². The smallest absolute Gasteiger partial charge is 0.408 e. The monoisotopic (exact) mass is 319 g/mol. The molecule has 1 N–H and O–H groups in total. The van der Waals surface area contributed by atoms with Gasteiger partial charge in [0, 0.05) is 0 Å². The molecular formula is C19H29NO3. The highest BCUT2D eigenvalue weighted by Gasteiger charge is 2.27.